The molecule has 3 rings (SSSR count). The molecule has 0 aliphatic rings. The van der Waals surface area contributed by atoms with Crippen molar-refractivity contribution in [1.29, 1.82) is 0 Å². The molecule has 32 heavy (non-hydrogen) atoms. The molecule has 0 spiro atoms. The second-order valence-electron chi connectivity index (χ2n) is 7.06. The molecular weight excluding hydrogens is 410 g/mol. The first kappa shape index (κ1) is 22.6. The Hall–Kier alpha value is -4.13. The monoisotopic (exact) mass is 433 g/mol. The van der Waals surface area contributed by atoms with Gasteiger partial charge in [0.05, 0.1) is 12.7 Å². The minimum absolute atomic E-state index is 0.0940. The number of carbonyl (C=O) groups is 3. The van der Waals surface area contributed by atoms with Crippen LogP contribution in [0.4, 0.5) is 0 Å². The van der Waals surface area contributed by atoms with Gasteiger partial charge in [-0.2, -0.15) is 0 Å². The van der Waals surface area contributed by atoms with Crippen LogP contribution in [-0.2, 0) is 22.6 Å². The molecule has 0 saturated carbocycles. The molecule has 164 valence electrons. The van der Waals surface area contributed by atoms with Gasteiger partial charge in [0.2, 0.25) is 0 Å². The van der Waals surface area contributed by atoms with Gasteiger partial charge in [-0.3, -0.25) is 4.79 Å². The maximum Gasteiger partial charge on any atom is 0.337 e. The lowest BCUT2D eigenvalue weighted by Gasteiger charge is -2.15. The van der Waals surface area contributed by atoms with Crippen LogP contribution in [-0.4, -0.2) is 36.1 Å². The zero-order valence-electron chi connectivity index (χ0n) is 17.5. The Balaban J connectivity index is 1.62. The Morgan fingerprint density at radius 1 is 0.875 bits per heavy atom. The van der Waals surface area contributed by atoms with Crippen molar-refractivity contribution < 1.29 is 29.0 Å². The molecule has 0 aromatic heterocycles. The van der Waals surface area contributed by atoms with E-state index in [1.807, 2.05) is 30.3 Å². The summed E-state index contributed by atoms with van der Waals surface area (Å²) in [6.07, 6.45) is 0.0940. The van der Waals surface area contributed by atoms with Crippen molar-refractivity contribution in [2.24, 2.45) is 0 Å². The maximum absolute atomic E-state index is 12.5. The summed E-state index contributed by atoms with van der Waals surface area (Å²) in [5, 5.41) is 12.1. The molecule has 3 aromatic carbocycles. The predicted molar refractivity (Wildman–Crippen MR) is 118 cm³/mol. The molecule has 0 aliphatic heterocycles. The van der Waals surface area contributed by atoms with Crippen LogP contribution in [0.3, 0.4) is 0 Å². The first-order chi connectivity index (χ1) is 15.5. The molecule has 0 heterocycles. The van der Waals surface area contributed by atoms with E-state index in [0.717, 1.165) is 11.1 Å². The summed E-state index contributed by atoms with van der Waals surface area (Å²) in [6.45, 7) is 0.429. The van der Waals surface area contributed by atoms with Crippen LogP contribution < -0.4 is 10.1 Å². The van der Waals surface area contributed by atoms with E-state index in [0.29, 0.717) is 12.4 Å². The zero-order valence-corrected chi connectivity index (χ0v) is 17.5. The number of aliphatic carboxylic acids is 1. The molecule has 0 saturated heterocycles. The average Bonchev–Trinajstić information content (AvgIpc) is 2.83. The highest BCUT2D eigenvalue weighted by Crippen LogP contribution is 2.16. The van der Waals surface area contributed by atoms with Crippen molar-refractivity contribution in [3.63, 3.8) is 0 Å². The summed E-state index contributed by atoms with van der Waals surface area (Å²) >= 11 is 0. The summed E-state index contributed by atoms with van der Waals surface area (Å²) in [5.74, 6) is -1.67. The van der Waals surface area contributed by atoms with E-state index in [1.165, 1.54) is 31.4 Å². The SMILES string of the molecule is COC(=O)c1cccc(C(=O)N[C@@H](Cc2ccc(OCc3ccccc3)cc2)C(=O)O)c1. The number of hydrogen-bond acceptors (Lipinski definition) is 5. The average molecular weight is 433 g/mol. The van der Waals surface area contributed by atoms with E-state index in [4.69, 9.17) is 4.74 Å². The first-order valence-corrected chi connectivity index (χ1v) is 9.94. The summed E-state index contributed by atoms with van der Waals surface area (Å²) < 4.78 is 10.4. The Morgan fingerprint density at radius 3 is 2.22 bits per heavy atom. The second kappa shape index (κ2) is 10.8. The largest absolute Gasteiger partial charge is 0.489 e. The second-order valence-corrected chi connectivity index (χ2v) is 7.06. The number of benzene rings is 3. The van der Waals surface area contributed by atoms with Crippen LogP contribution in [0.15, 0.2) is 78.9 Å². The van der Waals surface area contributed by atoms with Gasteiger partial charge in [-0.25, -0.2) is 9.59 Å². The predicted octanol–water partition coefficient (Wildman–Crippen LogP) is 3.48. The zero-order chi connectivity index (χ0) is 22.9. The molecule has 3 aromatic rings. The number of carboxylic acid groups (broad SMARTS) is 1. The van der Waals surface area contributed by atoms with Gasteiger partial charge < -0.3 is 19.9 Å². The summed E-state index contributed by atoms with van der Waals surface area (Å²) in [7, 11) is 1.24. The van der Waals surface area contributed by atoms with Gasteiger partial charge in [0.25, 0.3) is 5.91 Å². The highest BCUT2D eigenvalue weighted by atomic mass is 16.5. The van der Waals surface area contributed by atoms with Gasteiger partial charge in [0.15, 0.2) is 0 Å². The van der Waals surface area contributed by atoms with E-state index >= 15 is 0 Å². The summed E-state index contributed by atoms with van der Waals surface area (Å²) in [6, 6.07) is 21.6. The number of ether oxygens (including phenoxy) is 2. The molecular formula is C25H23NO6. The lowest BCUT2D eigenvalue weighted by atomic mass is 10.0. The fourth-order valence-corrected chi connectivity index (χ4v) is 3.05. The van der Waals surface area contributed by atoms with Gasteiger partial charge in [0, 0.05) is 12.0 Å². The van der Waals surface area contributed by atoms with Crippen molar-refractivity contribution >= 4 is 17.8 Å². The van der Waals surface area contributed by atoms with Gasteiger partial charge in [-0.15, -0.1) is 0 Å². The van der Waals surface area contributed by atoms with Gasteiger partial charge >= 0.3 is 11.9 Å². The number of carboxylic acids is 1. The third kappa shape index (κ3) is 6.18. The third-order valence-corrected chi connectivity index (χ3v) is 4.76. The van der Waals surface area contributed by atoms with Crippen molar-refractivity contribution in [1.82, 2.24) is 5.32 Å². The molecule has 0 fully saturated rings. The number of rotatable bonds is 9. The van der Waals surface area contributed by atoms with Crippen LogP contribution >= 0.6 is 0 Å². The molecule has 7 nitrogen and oxygen atoms in total. The fourth-order valence-electron chi connectivity index (χ4n) is 3.05. The maximum atomic E-state index is 12.5. The van der Waals surface area contributed by atoms with Gasteiger partial charge in [0.1, 0.15) is 18.4 Å². The van der Waals surface area contributed by atoms with Crippen molar-refractivity contribution in [2.45, 2.75) is 19.1 Å². The van der Waals surface area contributed by atoms with Crippen LogP contribution in [0.2, 0.25) is 0 Å². The van der Waals surface area contributed by atoms with Crippen molar-refractivity contribution in [2.75, 3.05) is 7.11 Å². The first-order valence-electron chi connectivity index (χ1n) is 9.94. The normalized spacial score (nSPS) is 11.3. The molecule has 0 unspecified atom stereocenters. The number of methoxy groups -OCH3 is 1. The number of nitrogens with one attached hydrogen (secondary N) is 1. The number of hydrogen-bond donors (Lipinski definition) is 2. The highest BCUT2D eigenvalue weighted by Gasteiger charge is 2.22. The fraction of sp³-hybridized carbons (Fsp3) is 0.160. The van der Waals surface area contributed by atoms with Gasteiger partial charge in [-0.1, -0.05) is 48.5 Å². The minimum Gasteiger partial charge on any atom is -0.489 e. The molecule has 1 atom stereocenters. The standard InChI is InChI=1S/C25H23NO6/c1-31-25(30)20-9-5-8-19(15-20)23(27)26-22(24(28)29)14-17-10-12-21(13-11-17)32-16-18-6-3-2-4-7-18/h2-13,15,22H,14,16H2,1H3,(H,26,27)(H,28,29)/t22-/m0/s1. The molecule has 0 aliphatic carbocycles. The van der Waals surface area contributed by atoms with Crippen LogP contribution in [0.25, 0.3) is 0 Å². The number of esters is 1. The molecule has 2 N–H and O–H groups in total. The van der Waals surface area contributed by atoms with Crippen molar-refractivity contribution in [3.05, 3.63) is 101 Å². The lowest BCUT2D eigenvalue weighted by Crippen LogP contribution is -2.42. The number of amides is 1. The van der Waals surface area contributed by atoms with E-state index in [-0.39, 0.29) is 17.5 Å². The van der Waals surface area contributed by atoms with Crippen LogP contribution in [0.1, 0.15) is 31.8 Å². The van der Waals surface area contributed by atoms with E-state index < -0.39 is 23.9 Å². The molecule has 7 heteroatoms. The summed E-state index contributed by atoms with van der Waals surface area (Å²) in [4.78, 5) is 35.9. The smallest absolute Gasteiger partial charge is 0.337 e. The van der Waals surface area contributed by atoms with Crippen molar-refractivity contribution in [3.8, 4) is 5.75 Å². The quantitative estimate of drug-likeness (QED) is 0.501. The molecule has 1 amide bonds. The Kier molecular flexibility index (Phi) is 7.59. The lowest BCUT2D eigenvalue weighted by molar-refractivity contribution is -0.139. The van der Waals surface area contributed by atoms with Crippen LogP contribution in [0.5, 0.6) is 5.75 Å². The Bertz CT molecular complexity index is 1080. The van der Waals surface area contributed by atoms with E-state index in [2.05, 4.69) is 10.1 Å². The Morgan fingerprint density at radius 2 is 1.56 bits per heavy atom. The molecule has 0 bridgehead atoms. The summed E-state index contributed by atoms with van der Waals surface area (Å²) in [5.41, 5.74) is 2.15. The highest BCUT2D eigenvalue weighted by molar-refractivity contribution is 5.99. The Labute approximate surface area is 185 Å². The molecule has 0 radical (unpaired) electrons. The van der Waals surface area contributed by atoms with E-state index in [9.17, 15) is 19.5 Å². The van der Waals surface area contributed by atoms with E-state index in [1.54, 1.807) is 24.3 Å². The third-order valence-electron chi connectivity index (χ3n) is 4.76. The topological polar surface area (TPSA) is 102 Å². The minimum atomic E-state index is -1.16. The number of carbonyl (C=O) groups excluding carboxylic acids is 2. The van der Waals surface area contributed by atoms with Gasteiger partial charge in [-0.05, 0) is 41.5 Å². The van der Waals surface area contributed by atoms with Crippen LogP contribution in [0, 0.1) is 0 Å².